The monoisotopic (exact) mass is 316 g/mol. The topological polar surface area (TPSA) is 49.4 Å². The molecule has 0 bridgehead atoms. The molecule has 1 aliphatic rings. The summed E-state index contributed by atoms with van der Waals surface area (Å²) in [6.07, 6.45) is 0.171. The summed E-state index contributed by atoms with van der Waals surface area (Å²) in [5.74, 6) is -2.71. The van der Waals surface area contributed by atoms with E-state index >= 15 is 0 Å². The normalized spacial score (nSPS) is 17.4. The van der Waals surface area contributed by atoms with Gasteiger partial charge in [0.15, 0.2) is 11.6 Å². The van der Waals surface area contributed by atoms with Crippen molar-refractivity contribution in [3.63, 3.8) is 0 Å². The van der Waals surface area contributed by atoms with Gasteiger partial charge in [-0.25, -0.2) is 8.78 Å². The van der Waals surface area contributed by atoms with E-state index in [1.165, 1.54) is 6.07 Å². The Labute approximate surface area is 131 Å². The Balaban J connectivity index is 1.68. The minimum absolute atomic E-state index is 0.0227. The van der Waals surface area contributed by atoms with Crippen LogP contribution < -0.4 is 10.2 Å². The summed E-state index contributed by atoms with van der Waals surface area (Å²) in [5.41, 5.74) is 0.789. The molecule has 1 fully saturated rings. The lowest BCUT2D eigenvalue weighted by atomic mass is 10.1. The minimum atomic E-state index is -1.08. The van der Waals surface area contributed by atoms with E-state index < -0.39 is 17.5 Å². The maximum Gasteiger partial charge on any atom is 0.251 e. The maximum atomic E-state index is 13.2. The van der Waals surface area contributed by atoms with E-state index in [1.807, 2.05) is 30.3 Å². The predicted molar refractivity (Wildman–Crippen MR) is 81.0 cm³/mol. The number of carbonyl (C=O) groups excluding carboxylic acids is 2. The molecule has 4 nitrogen and oxygen atoms in total. The van der Waals surface area contributed by atoms with Crippen molar-refractivity contribution < 1.29 is 18.4 Å². The van der Waals surface area contributed by atoms with Crippen LogP contribution in [0.2, 0.25) is 0 Å². The first-order valence-electron chi connectivity index (χ1n) is 7.16. The summed E-state index contributed by atoms with van der Waals surface area (Å²) in [6.45, 7) is 0.345. The Morgan fingerprint density at radius 2 is 1.83 bits per heavy atom. The second kappa shape index (κ2) is 6.16. The Bertz CT molecular complexity index is 750. The van der Waals surface area contributed by atoms with Gasteiger partial charge in [-0.1, -0.05) is 18.2 Å². The van der Waals surface area contributed by atoms with Crippen LogP contribution in [0.25, 0.3) is 0 Å². The fourth-order valence-electron chi connectivity index (χ4n) is 2.57. The average Bonchev–Trinajstić information content (AvgIpc) is 2.91. The fourth-order valence-corrected chi connectivity index (χ4v) is 2.57. The van der Waals surface area contributed by atoms with E-state index in [2.05, 4.69) is 5.32 Å². The number of amides is 2. The highest BCUT2D eigenvalue weighted by molar-refractivity contribution is 5.98. The van der Waals surface area contributed by atoms with Crippen LogP contribution in [0.15, 0.2) is 48.5 Å². The van der Waals surface area contributed by atoms with E-state index in [0.29, 0.717) is 6.54 Å². The summed E-state index contributed by atoms with van der Waals surface area (Å²) in [7, 11) is 0. The molecule has 118 valence electrons. The molecule has 0 aliphatic carbocycles. The first kappa shape index (κ1) is 15.1. The zero-order chi connectivity index (χ0) is 16.4. The highest BCUT2D eigenvalue weighted by Crippen LogP contribution is 2.21. The first-order valence-corrected chi connectivity index (χ1v) is 7.16. The van der Waals surface area contributed by atoms with Crippen molar-refractivity contribution in [2.75, 3.05) is 11.4 Å². The second-order valence-corrected chi connectivity index (χ2v) is 5.34. The molecule has 0 saturated carbocycles. The third-order valence-corrected chi connectivity index (χ3v) is 3.71. The van der Waals surface area contributed by atoms with Crippen molar-refractivity contribution in [3.05, 3.63) is 65.7 Å². The highest BCUT2D eigenvalue weighted by Gasteiger charge is 2.31. The standard InChI is InChI=1S/C17H14F2N2O2/c18-14-7-6-11(8-15(14)19)17(23)20-12-9-16(22)21(10-12)13-4-2-1-3-5-13/h1-8,12H,9-10H2,(H,20,23). The molecule has 1 unspecified atom stereocenters. The number of hydrogen-bond acceptors (Lipinski definition) is 2. The molecular formula is C17H14F2N2O2. The maximum absolute atomic E-state index is 13.2. The molecule has 1 atom stereocenters. The van der Waals surface area contributed by atoms with Crippen molar-refractivity contribution in [2.24, 2.45) is 0 Å². The number of carbonyl (C=O) groups is 2. The molecule has 3 rings (SSSR count). The Kier molecular flexibility index (Phi) is 4.06. The van der Waals surface area contributed by atoms with Gasteiger partial charge in [0.2, 0.25) is 5.91 Å². The van der Waals surface area contributed by atoms with Crippen LogP contribution in [0.4, 0.5) is 14.5 Å². The molecule has 0 aromatic heterocycles. The molecule has 6 heteroatoms. The molecule has 0 spiro atoms. The van der Waals surface area contributed by atoms with Crippen LogP contribution in [0, 0.1) is 11.6 Å². The van der Waals surface area contributed by atoms with Gasteiger partial charge < -0.3 is 10.2 Å². The summed E-state index contributed by atoms with van der Waals surface area (Å²) >= 11 is 0. The zero-order valence-corrected chi connectivity index (χ0v) is 12.1. The number of nitrogens with zero attached hydrogens (tertiary/aromatic N) is 1. The van der Waals surface area contributed by atoms with E-state index in [4.69, 9.17) is 0 Å². The predicted octanol–water partition coefficient (Wildman–Crippen LogP) is 2.50. The van der Waals surface area contributed by atoms with Crippen LogP contribution >= 0.6 is 0 Å². The zero-order valence-electron chi connectivity index (χ0n) is 12.1. The number of hydrogen-bond donors (Lipinski definition) is 1. The van der Waals surface area contributed by atoms with Crippen molar-refractivity contribution in [2.45, 2.75) is 12.5 Å². The van der Waals surface area contributed by atoms with Crippen molar-refractivity contribution >= 4 is 17.5 Å². The number of halogens is 2. The van der Waals surface area contributed by atoms with Crippen molar-refractivity contribution in [1.82, 2.24) is 5.32 Å². The molecule has 2 aromatic carbocycles. The van der Waals surface area contributed by atoms with E-state index in [1.54, 1.807) is 4.90 Å². The van der Waals surface area contributed by atoms with Gasteiger partial charge in [-0.3, -0.25) is 9.59 Å². The van der Waals surface area contributed by atoms with Gasteiger partial charge in [0.1, 0.15) is 0 Å². The SMILES string of the molecule is O=C(NC1CC(=O)N(c2ccccc2)C1)c1ccc(F)c(F)c1. The molecule has 1 N–H and O–H groups in total. The van der Waals surface area contributed by atoms with Crippen LogP contribution in [-0.2, 0) is 4.79 Å². The van der Waals surface area contributed by atoms with Crippen LogP contribution in [0.3, 0.4) is 0 Å². The third-order valence-electron chi connectivity index (χ3n) is 3.71. The lowest BCUT2D eigenvalue weighted by Gasteiger charge is -2.17. The number of rotatable bonds is 3. The van der Waals surface area contributed by atoms with E-state index in [0.717, 1.165) is 17.8 Å². The van der Waals surface area contributed by atoms with E-state index in [-0.39, 0.29) is 23.9 Å². The highest BCUT2D eigenvalue weighted by atomic mass is 19.2. The average molecular weight is 316 g/mol. The van der Waals surface area contributed by atoms with Gasteiger partial charge in [-0.2, -0.15) is 0 Å². The quantitative estimate of drug-likeness (QED) is 0.946. The van der Waals surface area contributed by atoms with Crippen LogP contribution in [0.1, 0.15) is 16.8 Å². The number of para-hydroxylation sites is 1. The Morgan fingerprint density at radius 1 is 1.09 bits per heavy atom. The smallest absolute Gasteiger partial charge is 0.251 e. The van der Waals surface area contributed by atoms with Crippen LogP contribution in [-0.4, -0.2) is 24.4 Å². The summed E-state index contributed by atoms with van der Waals surface area (Å²) < 4.78 is 26.1. The number of benzene rings is 2. The van der Waals surface area contributed by atoms with Crippen molar-refractivity contribution in [3.8, 4) is 0 Å². The van der Waals surface area contributed by atoms with Gasteiger partial charge in [0.05, 0.1) is 6.04 Å². The van der Waals surface area contributed by atoms with Gasteiger partial charge >= 0.3 is 0 Å². The molecule has 2 amide bonds. The van der Waals surface area contributed by atoms with Gasteiger partial charge in [0.25, 0.3) is 5.91 Å². The largest absolute Gasteiger partial charge is 0.347 e. The second-order valence-electron chi connectivity index (χ2n) is 5.34. The third kappa shape index (κ3) is 3.21. The molecular weight excluding hydrogens is 302 g/mol. The summed E-state index contributed by atoms with van der Waals surface area (Å²) in [6, 6.07) is 11.7. The van der Waals surface area contributed by atoms with Crippen molar-refractivity contribution in [1.29, 1.82) is 0 Å². The Morgan fingerprint density at radius 3 is 2.52 bits per heavy atom. The molecule has 1 saturated heterocycles. The van der Waals surface area contributed by atoms with E-state index in [9.17, 15) is 18.4 Å². The van der Waals surface area contributed by atoms with Gasteiger partial charge in [0, 0.05) is 24.2 Å². The van der Waals surface area contributed by atoms with Crippen LogP contribution in [0.5, 0.6) is 0 Å². The summed E-state index contributed by atoms with van der Waals surface area (Å²) in [4.78, 5) is 25.7. The fraction of sp³-hybridized carbons (Fsp3) is 0.176. The Hall–Kier alpha value is -2.76. The summed E-state index contributed by atoms with van der Waals surface area (Å²) in [5, 5.41) is 2.68. The lowest BCUT2D eigenvalue weighted by molar-refractivity contribution is -0.117. The molecule has 2 aromatic rings. The molecule has 23 heavy (non-hydrogen) atoms. The molecule has 1 heterocycles. The van der Waals surface area contributed by atoms with Gasteiger partial charge in [-0.15, -0.1) is 0 Å². The molecule has 1 aliphatic heterocycles. The lowest BCUT2D eigenvalue weighted by Crippen LogP contribution is -2.37. The molecule has 0 radical (unpaired) electrons. The number of anilines is 1. The number of nitrogens with one attached hydrogen (secondary N) is 1. The minimum Gasteiger partial charge on any atom is -0.347 e. The first-order chi connectivity index (χ1) is 11.0. The van der Waals surface area contributed by atoms with Gasteiger partial charge in [-0.05, 0) is 30.3 Å².